The van der Waals surface area contributed by atoms with Crippen LogP contribution in [0.25, 0.3) is 11.4 Å². The maximum Gasteiger partial charge on any atom is 0.251 e. The molecule has 0 saturated carbocycles. The van der Waals surface area contributed by atoms with Crippen molar-refractivity contribution >= 4 is 5.91 Å². The van der Waals surface area contributed by atoms with E-state index in [1.165, 1.54) is 0 Å². The van der Waals surface area contributed by atoms with Crippen LogP contribution >= 0.6 is 0 Å². The number of tetrazole rings is 1. The molecule has 0 spiro atoms. The van der Waals surface area contributed by atoms with E-state index in [0.717, 1.165) is 11.1 Å². The average Bonchev–Trinajstić information content (AvgIpc) is 3.11. The lowest BCUT2D eigenvalue weighted by Gasteiger charge is -2.10. The molecule has 0 bridgehead atoms. The Balaban J connectivity index is 1.72. The van der Waals surface area contributed by atoms with E-state index in [1.807, 2.05) is 24.3 Å². The molecule has 8 nitrogen and oxygen atoms in total. The number of nitrogens with one attached hydrogen (secondary N) is 1. The Morgan fingerprint density at radius 2 is 1.92 bits per heavy atom. The molecule has 0 saturated heterocycles. The molecular weight excluding hydrogens is 334 g/mol. The van der Waals surface area contributed by atoms with Crippen molar-refractivity contribution in [1.29, 1.82) is 0 Å². The van der Waals surface area contributed by atoms with Crippen molar-refractivity contribution in [2.45, 2.75) is 6.54 Å². The molecule has 1 N–H and O–H groups in total. The second kappa shape index (κ2) is 7.64. The minimum absolute atomic E-state index is 0.184. The fraction of sp³-hybridized carbons (Fsp3) is 0.222. The number of nitrogens with zero attached hydrogens (tertiary/aromatic N) is 4. The molecule has 0 atom stereocenters. The number of aromatic nitrogens is 4. The third-order valence-electron chi connectivity index (χ3n) is 3.90. The van der Waals surface area contributed by atoms with E-state index < -0.39 is 0 Å². The summed E-state index contributed by atoms with van der Waals surface area (Å²) in [5.41, 5.74) is 2.21. The molecule has 3 aromatic rings. The second-order valence-electron chi connectivity index (χ2n) is 5.58. The monoisotopic (exact) mass is 353 g/mol. The highest BCUT2D eigenvalue weighted by Gasteiger charge is 2.11. The quantitative estimate of drug-likeness (QED) is 0.727. The van der Waals surface area contributed by atoms with Crippen LogP contribution in [0.3, 0.4) is 0 Å². The van der Waals surface area contributed by atoms with Gasteiger partial charge in [0.15, 0.2) is 17.3 Å². The van der Waals surface area contributed by atoms with Crippen LogP contribution in [0, 0.1) is 0 Å². The minimum Gasteiger partial charge on any atom is -0.493 e. The highest BCUT2D eigenvalue weighted by atomic mass is 16.5. The van der Waals surface area contributed by atoms with Gasteiger partial charge in [-0.2, -0.15) is 0 Å². The van der Waals surface area contributed by atoms with E-state index in [9.17, 15) is 4.79 Å². The largest absolute Gasteiger partial charge is 0.493 e. The lowest BCUT2D eigenvalue weighted by molar-refractivity contribution is 0.0951. The van der Waals surface area contributed by atoms with Gasteiger partial charge in [0.25, 0.3) is 5.91 Å². The summed E-state index contributed by atoms with van der Waals surface area (Å²) >= 11 is 0. The van der Waals surface area contributed by atoms with Crippen LogP contribution < -0.4 is 14.8 Å². The molecule has 0 radical (unpaired) electrons. The smallest absolute Gasteiger partial charge is 0.251 e. The number of ether oxygens (including phenoxy) is 2. The fourth-order valence-corrected chi connectivity index (χ4v) is 2.55. The van der Waals surface area contributed by atoms with Gasteiger partial charge in [-0.25, -0.2) is 4.68 Å². The van der Waals surface area contributed by atoms with Crippen molar-refractivity contribution in [3.63, 3.8) is 0 Å². The molecule has 0 aliphatic carbocycles. The number of methoxy groups -OCH3 is 2. The Hall–Kier alpha value is -3.42. The molecule has 1 amide bonds. The third kappa shape index (κ3) is 3.64. The van der Waals surface area contributed by atoms with Gasteiger partial charge in [-0.3, -0.25) is 4.79 Å². The van der Waals surface area contributed by atoms with E-state index in [2.05, 4.69) is 20.8 Å². The van der Waals surface area contributed by atoms with Crippen LogP contribution in [0.2, 0.25) is 0 Å². The van der Waals surface area contributed by atoms with Crippen molar-refractivity contribution in [2.24, 2.45) is 7.05 Å². The summed E-state index contributed by atoms with van der Waals surface area (Å²) in [7, 11) is 4.91. The summed E-state index contributed by atoms with van der Waals surface area (Å²) in [6.45, 7) is 0.370. The molecule has 1 heterocycles. The van der Waals surface area contributed by atoms with E-state index in [0.29, 0.717) is 29.4 Å². The molecule has 2 aromatic carbocycles. The molecule has 26 heavy (non-hydrogen) atoms. The van der Waals surface area contributed by atoms with E-state index in [4.69, 9.17) is 9.47 Å². The average molecular weight is 353 g/mol. The molecule has 0 unspecified atom stereocenters. The summed E-state index contributed by atoms with van der Waals surface area (Å²) in [6.07, 6.45) is 0. The van der Waals surface area contributed by atoms with E-state index >= 15 is 0 Å². The molecule has 0 aliphatic heterocycles. The highest BCUT2D eigenvalue weighted by Crippen LogP contribution is 2.27. The number of aryl methyl sites for hydroxylation is 1. The molecule has 8 heteroatoms. The molecule has 1 aromatic heterocycles. The number of hydrogen-bond acceptors (Lipinski definition) is 6. The van der Waals surface area contributed by atoms with Gasteiger partial charge in [0.05, 0.1) is 14.2 Å². The van der Waals surface area contributed by atoms with Gasteiger partial charge < -0.3 is 14.8 Å². The lowest BCUT2D eigenvalue weighted by Crippen LogP contribution is -2.22. The highest BCUT2D eigenvalue weighted by molar-refractivity contribution is 5.95. The van der Waals surface area contributed by atoms with Crippen molar-refractivity contribution in [1.82, 2.24) is 25.5 Å². The third-order valence-corrected chi connectivity index (χ3v) is 3.90. The SMILES string of the molecule is COc1ccc(CNC(=O)c2cccc(-c3nnnn3C)c2)cc1OC. The van der Waals surface area contributed by atoms with Crippen molar-refractivity contribution in [3.8, 4) is 22.9 Å². The first-order chi connectivity index (χ1) is 12.6. The van der Waals surface area contributed by atoms with Gasteiger partial charge in [-0.1, -0.05) is 18.2 Å². The predicted molar refractivity (Wildman–Crippen MR) is 95.0 cm³/mol. The number of amides is 1. The maximum atomic E-state index is 12.5. The van der Waals surface area contributed by atoms with Crippen molar-refractivity contribution in [2.75, 3.05) is 14.2 Å². The number of benzene rings is 2. The molecule has 3 rings (SSSR count). The summed E-state index contributed by atoms with van der Waals surface area (Å²) in [5, 5.41) is 14.3. The zero-order chi connectivity index (χ0) is 18.5. The Labute approximate surface area is 150 Å². The molecule has 0 aliphatic rings. The van der Waals surface area contributed by atoms with Gasteiger partial charge in [0.1, 0.15) is 0 Å². The predicted octanol–water partition coefficient (Wildman–Crippen LogP) is 1.82. The van der Waals surface area contributed by atoms with Gasteiger partial charge >= 0.3 is 0 Å². The summed E-state index contributed by atoms with van der Waals surface area (Å²) in [5.74, 6) is 1.68. The maximum absolute atomic E-state index is 12.5. The Kier molecular flexibility index (Phi) is 5.12. The van der Waals surface area contributed by atoms with Crippen LogP contribution in [0.4, 0.5) is 0 Å². The molecular formula is C18H19N5O3. The first kappa shape index (κ1) is 17.4. The Morgan fingerprint density at radius 1 is 1.12 bits per heavy atom. The van der Waals surface area contributed by atoms with Crippen molar-refractivity contribution in [3.05, 3.63) is 53.6 Å². The van der Waals surface area contributed by atoms with Gasteiger partial charge in [0, 0.05) is 24.7 Å². The number of carbonyl (C=O) groups excluding carboxylic acids is 1. The van der Waals surface area contributed by atoms with Crippen LogP contribution in [0.5, 0.6) is 11.5 Å². The zero-order valence-corrected chi connectivity index (χ0v) is 14.8. The van der Waals surface area contributed by atoms with Gasteiger partial charge in [0.2, 0.25) is 0 Å². The first-order valence-electron chi connectivity index (χ1n) is 7.94. The Bertz CT molecular complexity index is 923. The summed E-state index contributed by atoms with van der Waals surface area (Å²) in [4.78, 5) is 12.5. The fourth-order valence-electron chi connectivity index (χ4n) is 2.55. The molecule has 134 valence electrons. The standard InChI is InChI=1S/C18H19N5O3/c1-23-17(20-21-22-23)13-5-4-6-14(10-13)18(24)19-11-12-7-8-15(25-2)16(9-12)26-3/h4-10H,11H2,1-3H3,(H,19,24). The van der Waals surface area contributed by atoms with Crippen LogP contribution in [-0.2, 0) is 13.6 Å². The molecule has 0 fully saturated rings. The van der Waals surface area contributed by atoms with Crippen LogP contribution in [0.15, 0.2) is 42.5 Å². The van der Waals surface area contributed by atoms with E-state index in [1.54, 1.807) is 44.1 Å². The van der Waals surface area contributed by atoms with Crippen molar-refractivity contribution < 1.29 is 14.3 Å². The first-order valence-corrected chi connectivity index (χ1v) is 7.94. The number of rotatable bonds is 6. The second-order valence-corrected chi connectivity index (χ2v) is 5.58. The number of carbonyl (C=O) groups is 1. The van der Waals surface area contributed by atoms with E-state index in [-0.39, 0.29) is 5.91 Å². The van der Waals surface area contributed by atoms with Gasteiger partial charge in [-0.15, -0.1) is 5.10 Å². The number of hydrogen-bond donors (Lipinski definition) is 1. The summed E-state index contributed by atoms with van der Waals surface area (Å²) < 4.78 is 12.0. The zero-order valence-electron chi connectivity index (χ0n) is 14.8. The Morgan fingerprint density at radius 3 is 2.62 bits per heavy atom. The van der Waals surface area contributed by atoms with Crippen LogP contribution in [0.1, 0.15) is 15.9 Å². The van der Waals surface area contributed by atoms with Gasteiger partial charge in [-0.05, 0) is 40.3 Å². The topological polar surface area (TPSA) is 91.2 Å². The lowest BCUT2D eigenvalue weighted by atomic mass is 10.1. The normalized spacial score (nSPS) is 10.4. The minimum atomic E-state index is -0.184. The van der Waals surface area contributed by atoms with Crippen LogP contribution in [-0.4, -0.2) is 40.3 Å². The summed E-state index contributed by atoms with van der Waals surface area (Å²) in [6, 6.07) is 12.7.